The van der Waals surface area contributed by atoms with Crippen LogP contribution >= 0.6 is 0 Å². The molecule has 0 radical (unpaired) electrons. The molecule has 0 saturated heterocycles. The highest BCUT2D eigenvalue weighted by molar-refractivity contribution is 6.18. The Kier molecular flexibility index (Phi) is 17.8. The first-order chi connectivity index (χ1) is 25.8. The highest BCUT2D eigenvalue weighted by atomic mass is 16.6. The highest BCUT2D eigenvalue weighted by Crippen LogP contribution is 2.40. The van der Waals surface area contributed by atoms with Gasteiger partial charge in [0.05, 0.1) is 0 Å². The predicted molar refractivity (Wildman–Crippen MR) is 207 cm³/mol. The Morgan fingerprint density at radius 3 is 1.32 bits per heavy atom. The summed E-state index contributed by atoms with van der Waals surface area (Å²) < 4.78 is 12.2. The summed E-state index contributed by atoms with van der Waals surface area (Å²) in [6, 6.07) is 19.8. The normalized spacial score (nSPS) is 17.0. The van der Waals surface area contributed by atoms with E-state index in [0.717, 1.165) is 49.7 Å². The third kappa shape index (κ3) is 12.7. The summed E-state index contributed by atoms with van der Waals surface area (Å²) in [5.41, 5.74) is 11.4. The number of rotatable bonds is 24. The Morgan fingerprint density at radius 1 is 0.585 bits per heavy atom. The van der Waals surface area contributed by atoms with Gasteiger partial charge in [0, 0.05) is 13.1 Å². The van der Waals surface area contributed by atoms with Crippen LogP contribution in [0.5, 0.6) is 0 Å². The maximum Gasteiger partial charge on any atom is 0.441 e. The number of carbonyl (C=O) groups is 4. The first-order valence-electron chi connectivity index (χ1n) is 19.7. The van der Waals surface area contributed by atoms with E-state index in [-0.39, 0.29) is 31.3 Å². The van der Waals surface area contributed by atoms with E-state index in [1.807, 2.05) is 60.7 Å². The van der Waals surface area contributed by atoms with Crippen molar-refractivity contribution in [2.75, 3.05) is 26.2 Å². The fourth-order valence-electron chi connectivity index (χ4n) is 7.45. The molecular formula is C40H61BN6O6. The van der Waals surface area contributed by atoms with Crippen LogP contribution in [0.4, 0.5) is 0 Å². The van der Waals surface area contributed by atoms with E-state index >= 15 is 0 Å². The van der Waals surface area contributed by atoms with Gasteiger partial charge in [-0.15, -0.1) is 0 Å². The Bertz CT molecular complexity index is 1300. The van der Waals surface area contributed by atoms with Gasteiger partial charge in [0.25, 0.3) is 0 Å². The van der Waals surface area contributed by atoms with E-state index in [9.17, 15) is 19.2 Å². The molecule has 290 valence electrons. The van der Waals surface area contributed by atoms with Gasteiger partial charge < -0.3 is 42.0 Å². The Morgan fingerprint density at radius 2 is 0.962 bits per heavy atom. The zero-order chi connectivity index (χ0) is 37.8. The lowest BCUT2D eigenvalue weighted by molar-refractivity contribution is -0.146. The first kappa shape index (κ1) is 42.0. The standard InChI is InChI=1S/C40H61BN6O6/c42-27-13-7-19-33(46-37(50)39(23-9-10-24-39)35(48)44-29-21-31-15-3-1-4-16-31)52-41-53-34(20-8-14-28-43)47-38(51)40(25-11-12-26-40)36(49)45-30-22-32-17-5-2-6-18-32/h1-6,15-18,33-34,41H,7-14,19-30,42-43H2,(H,44,48)(H,45,49)(H,46,50)(H,47,51). The van der Waals surface area contributed by atoms with Gasteiger partial charge in [-0.05, 0) is 101 Å². The van der Waals surface area contributed by atoms with E-state index in [2.05, 4.69) is 21.3 Å². The van der Waals surface area contributed by atoms with E-state index in [1.165, 1.54) is 0 Å². The van der Waals surface area contributed by atoms with Gasteiger partial charge in [-0.25, -0.2) is 0 Å². The molecule has 2 aliphatic rings. The molecule has 0 bridgehead atoms. The van der Waals surface area contributed by atoms with Crippen LogP contribution in [0.15, 0.2) is 60.7 Å². The van der Waals surface area contributed by atoms with Gasteiger partial charge in [-0.1, -0.05) is 86.3 Å². The van der Waals surface area contributed by atoms with Gasteiger partial charge in [-0.2, -0.15) is 0 Å². The van der Waals surface area contributed by atoms with Crippen LogP contribution in [-0.4, -0.2) is 69.9 Å². The molecule has 4 amide bonds. The molecule has 2 aromatic carbocycles. The molecule has 12 nitrogen and oxygen atoms in total. The lowest BCUT2D eigenvalue weighted by atomic mass is 9.83. The SMILES string of the molecule is NCCCCC(NC(=O)C1(C(=O)NCCc2ccccc2)CCCC1)OBOC(CCCCN)NC(=O)C1(C(=O)NCCc2ccccc2)CCCC1. The minimum atomic E-state index is -1.16. The number of nitrogens with one attached hydrogen (secondary N) is 4. The van der Waals surface area contributed by atoms with Crippen molar-refractivity contribution >= 4 is 31.3 Å². The van der Waals surface area contributed by atoms with E-state index in [0.29, 0.717) is 90.4 Å². The lowest BCUT2D eigenvalue weighted by Gasteiger charge is -2.31. The second-order valence-electron chi connectivity index (χ2n) is 14.5. The molecule has 0 aromatic heterocycles. The number of unbranched alkanes of at least 4 members (excludes halogenated alkanes) is 2. The molecule has 2 aromatic rings. The fourth-order valence-corrected chi connectivity index (χ4v) is 7.45. The minimum absolute atomic E-state index is 0.215. The van der Waals surface area contributed by atoms with Gasteiger partial charge in [0.1, 0.15) is 23.3 Å². The minimum Gasteiger partial charge on any atom is -0.393 e. The number of carbonyl (C=O) groups excluding carboxylic acids is 4. The second kappa shape index (κ2) is 22.4. The molecule has 0 spiro atoms. The van der Waals surface area contributed by atoms with Crippen LogP contribution in [0.1, 0.15) is 101 Å². The monoisotopic (exact) mass is 732 g/mol. The van der Waals surface area contributed by atoms with Crippen molar-refractivity contribution < 1.29 is 28.5 Å². The zero-order valence-corrected chi connectivity index (χ0v) is 31.4. The topological polar surface area (TPSA) is 187 Å². The zero-order valence-electron chi connectivity index (χ0n) is 31.4. The van der Waals surface area contributed by atoms with Gasteiger partial charge >= 0.3 is 7.69 Å². The van der Waals surface area contributed by atoms with Crippen LogP contribution in [0.25, 0.3) is 0 Å². The van der Waals surface area contributed by atoms with E-state index in [4.69, 9.17) is 20.8 Å². The molecule has 2 saturated carbocycles. The maximum absolute atomic E-state index is 13.9. The molecule has 53 heavy (non-hydrogen) atoms. The summed E-state index contributed by atoms with van der Waals surface area (Å²) >= 11 is 0. The largest absolute Gasteiger partial charge is 0.441 e. The van der Waals surface area contributed by atoms with E-state index in [1.54, 1.807) is 0 Å². The van der Waals surface area contributed by atoms with Crippen LogP contribution in [0.2, 0.25) is 0 Å². The summed E-state index contributed by atoms with van der Waals surface area (Å²) in [4.78, 5) is 54.9. The molecule has 0 aliphatic heterocycles. The van der Waals surface area contributed by atoms with Crippen LogP contribution in [0, 0.1) is 10.8 Å². The van der Waals surface area contributed by atoms with Crippen molar-refractivity contribution in [2.24, 2.45) is 22.3 Å². The van der Waals surface area contributed by atoms with Crippen molar-refractivity contribution in [3.63, 3.8) is 0 Å². The Balaban J connectivity index is 1.35. The van der Waals surface area contributed by atoms with Crippen LogP contribution < -0.4 is 32.7 Å². The van der Waals surface area contributed by atoms with Crippen LogP contribution in [0.3, 0.4) is 0 Å². The number of benzene rings is 2. The summed E-state index contributed by atoms with van der Waals surface area (Å²) in [6.07, 6.45) is 8.81. The quantitative estimate of drug-likeness (QED) is 0.0411. The number of nitrogens with two attached hydrogens (primary N) is 2. The number of hydrogen-bond acceptors (Lipinski definition) is 8. The molecule has 0 heterocycles. The van der Waals surface area contributed by atoms with E-state index < -0.39 is 23.3 Å². The number of hydrogen-bond donors (Lipinski definition) is 6. The average molecular weight is 733 g/mol. The van der Waals surface area contributed by atoms with Crippen molar-refractivity contribution in [1.82, 2.24) is 21.3 Å². The highest BCUT2D eigenvalue weighted by Gasteiger charge is 2.49. The summed E-state index contributed by atoms with van der Waals surface area (Å²) in [5, 5.41) is 12.1. The second-order valence-corrected chi connectivity index (χ2v) is 14.5. The first-order valence-corrected chi connectivity index (χ1v) is 19.7. The summed E-state index contributed by atoms with van der Waals surface area (Å²) in [5.74, 6) is -1.21. The van der Waals surface area contributed by atoms with Crippen molar-refractivity contribution in [3.8, 4) is 0 Å². The Labute approximate surface area is 316 Å². The Hall–Kier alpha value is -3.78. The smallest absolute Gasteiger partial charge is 0.393 e. The van der Waals surface area contributed by atoms with Crippen molar-refractivity contribution in [2.45, 2.75) is 115 Å². The fraction of sp³-hybridized carbons (Fsp3) is 0.600. The molecule has 2 unspecified atom stereocenters. The summed E-state index contributed by atoms with van der Waals surface area (Å²) in [7, 11) is -0.215. The molecule has 4 rings (SSSR count). The molecule has 2 aliphatic carbocycles. The molecule has 2 atom stereocenters. The maximum atomic E-state index is 13.9. The molecule has 2 fully saturated rings. The predicted octanol–water partition coefficient (Wildman–Crippen LogP) is 3.27. The molecular weight excluding hydrogens is 671 g/mol. The lowest BCUT2D eigenvalue weighted by Crippen LogP contribution is -2.54. The van der Waals surface area contributed by atoms with Crippen molar-refractivity contribution in [1.29, 1.82) is 0 Å². The summed E-state index contributed by atoms with van der Waals surface area (Å²) in [6.45, 7) is 1.88. The van der Waals surface area contributed by atoms with Gasteiger partial charge in [-0.3, -0.25) is 19.2 Å². The third-order valence-electron chi connectivity index (χ3n) is 10.7. The van der Waals surface area contributed by atoms with Gasteiger partial charge in [0.2, 0.25) is 23.6 Å². The average Bonchev–Trinajstić information content (AvgIpc) is 3.88. The van der Waals surface area contributed by atoms with Gasteiger partial charge in [0.15, 0.2) is 0 Å². The van der Waals surface area contributed by atoms with Crippen molar-refractivity contribution in [3.05, 3.63) is 71.8 Å². The number of amides is 4. The third-order valence-corrected chi connectivity index (χ3v) is 10.7. The molecule has 13 heteroatoms. The molecule has 8 N–H and O–H groups in total. The van der Waals surface area contributed by atoms with Crippen LogP contribution in [-0.2, 0) is 41.3 Å².